The van der Waals surface area contributed by atoms with Crippen LogP contribution in [0, 0.1) is 5.82 Å². The summed E-state index contributed by atoms with van der Waals surface area (Å²) in [6, 6.07) is 23.0. The van der Waals surface area contributed by atoms with Gasteiger partial charge >= 0.3 is 0 Å². The van der Waals surface area contributed by atoms with E-state index in [1.165, 1.54) is 18.2 Å². The van der Waals surface area contributed by atoms with Crippen molar-refractivity contribution in [3.05, 3.63) is 119 Å². The topological polar surface area (TPSA) is 71.8 Å². The van der Waals surface area contributed by atoms with Gasteiger partial charge in [-0.15, -0.1) is 17.5 Å². The summed E-state index contributed by atoms with van der Waals surface area (Å²) in [6.45, 7) is 0. The van der Waals surface area contributed by atoms with Gasteiger partial charge in [-0.3, -0.25) is 10.1 Å². The van der Waals surface area contributed by atoms with Gasteiger partial charge in [-0.1, -0.05) is 66.2 Å². The molecule has 0 saturated heterocycles. The fraction of sp³-hybridized carbons (Fsp3) is 0.0385. The van der Waals surface area contributed by atoms with Crippen molar-refractivity contribution in [1.29, 1.82) is 0 Å². The van der Waals surface area contributed by atoms with Gasteiger partial charge in [-0.05, 0) is 53.1 Å². The number of carbonyl (C=O) groups is 1. The monoisotopic (exact) mass is 507 g/mol. The first-order valence-corrected chi connectivity index (χ1v) is 10.9. The fourth-order valence-corrected chi connectivity index (χ4v) is 3.75. The lowest BCUT2D eigenvalue weighted by Crippen LogP contribution is -2.20. The van der Waals surface area contributed by atoms with Crippen molar-refractivity contribution < 1.29 is 9.18 Å². The maximum absolute atomic E-state index is 13.1. The summed E-state index contributed by atoms with van der Waals surface area (Å²) in [7, 11) is 0. The molecule has 0 aliphatic carbocycles. The predicted molar refractivity (Wildman–Crippen MR) is 139 cm³/mol. The molecule has 9 heteroatoms. The molecule has 1 aliphatic heterocycles. The third-order valence-corrected chi connectivity index (χ3v) is 5.55. The summed E-state index contributed by atoms with van der Waals surface area (Å²) < 4.78 is 14.8. The summed E-state index contributed by atoms with van der Waals surface area (Å²) in [5.41, 5.74) is 3.56. The van der Waals surface area contributed by atoms with E-state index in [9.17, 15) is 9.18 Å². The standard InChI is InChI=1S/C26H19ClFN5O.ClH/c27-20-11-9-19(10-12-20)23-16-22(18-4-2-1-3-5-18)29-26-31-25(32-33(23)26)30-24(34)15-8-17-6-13-21(28)14-7-17;/h1-16,23H,(H2,29,30,31,32,34);1H/b15-8+;. The van der Waals surface area contributed by atoms with E-state index in [-0.39, 0.29) is 30.2 Å². The fourth-order valence-electron chi connectivity index (χ4n) is 3.63. The Morgan fingerprint density at radius 3 is 2.46 bits per heavy atom. The Morgan fingerprint density at radius 1 is 1.03 bits per heavy atom. The second-order valence-electron chi connectivity index (χ2n) is 7.65. The van der Waals surface area contributed by atoms with E-state index in [1.807, 2.05) is 54.6 Å². The van der Waals surface area contributed by atoms with Gasteiger partial charge in [-0.2, -0.15) is 4.98 Å². The van der Waals surface area contributed by atoms with E-state index in [1.54, 1.807) is 22.9 Å². The molecule has 0 spiro atoms. The number of fused-ring (bicyclic) bond motifs is 1. The first kappa shape index (κ1) is 24.2. The van der Waals surface area contributed by atoms with E-state index in [4.69, 9.17) is 11.6 Å². The van der Waals surface area contributed by atoms with Crippen molar-refractivity contribution in [2.45, 2.75) is 6.04 Å². The molecular formula is C26H20Cl2FN5O. The minimum atomic E-state index is -0.397. The highest BCUT2D eigenvalue weighted by Gasteiger charge is 2.25. The maximum Gasteiger partial charge on any atom is 0.250 e. The molecule has 0 saturated carbocycles. The molecule has 1 unspecified atom stereocenters. The molecular weight excluding hydrogens is 488 g/mol. The first-order valence-electron chi connectivity index (χ1n) is 10.6. The lowest BCUT2D eigenvalue weighted by molar-refractivity contribution is -0.111. The van der Waals surface area contributed by atoms with Crippen molar-refractivity contribution in [3.8, 4) is 0 Å². The van der Waals surface area contributed by atoms with Gasteiger partial charge in [0.2, 0.25) is 5.95 Å². The molecule has 0 radical (unpaired) electrons. The van der Waals surface area contributed by atoms with Crippen LogP contribution in [0.15, 0.2) is 91.0 Å². The van der Waals surface area contributed by atoms with E-state index in [0.717, 1.165) is 16.8 Å². The number of aromatic nitrogens is 3. The summed E-state index contributed by atoms with van der Waals surface area (Å²) >= 11 is 6.08. The van der Waals surface area contributed by atoms with E-state index < -0.39 is 5.91 Å². The maximum atomic E-state index is 13.1. The van der Waals surface area contributed by atoms with Crippen molar-refractivity contribution in [1.82, 2.24) is 14.8 Å². The number of halogens is 3. The van der Waals surface area contributed by atoms with Crippen LogP contribution in [-0.2, 0) is 4.79 Å². The van der Waals surface area contributed by atoms with E-state index >= 15 is 0 Å². The molecule has 3 aromatic carbocycles. The van der Waals surface area contributed by atoms with Crippen LogP contribution in [0.25, 0.3) is 11.8 Å². The van der Waals surface area contributed by atoms with Crippen LogP contribution in [-0.4, -0.2) is 20.7 Å². The Labute approximate surface area is 212 Å². The number of carbonyl (C=O) groups excluding carboxylic acids is 1. The molecule has 4 aromatic rings. The summed E-state index contributed by atoms with van der Waals surface area (Å²) in [4.78, 5) is 16.9. The van der Waals surface area contributed by atoms with Crippen molar-refractivity contribution >= 4 is 53.6 Å². The van der Waals surface area contributed by atoms with Crippen LogP contribution in [0.1, 0.15) is 22.7 Å². The third-order valence-electron chi connectivity index (χ3n) is 5.29. The second-order valence-corrected chi connectivity index (χ2v) is 8.08. The smallest absolute Gasteiger partial charge is 0.250 e. The summed E-state index contributed by atoms with van der Waals surface area (Å²) in [6.07, 6.45) is 5.00. The molecule has 0 bridgehead atoms. The van der Waals surface area contributed by atoms with Crippen molar-refractivity contribution in [3.63, 3.8) is 0 Å². The van der Waals surface area contributed by atoms with Gasteiger partial charge in [0, 0.05) is 16.8 Å². The average molecular weight is 508 g/mol. The van der Waals surface area contributed by atoms with Gasteiger partial charge in [0.25, 0.3) is 11.9 Å². The number of anilines is 2. The van der Waals surface area contributed by atoms with Crippen molar-refractivity contribution in [2.24, 2.45) is 0 Å². The summed E-state index contributed by atoms with van der Waals surface area (Å²) in [5, 5.41) is 11.1. The minimum Gasteiger partial charge on any atom is -0.324 e. The molecule has 1 aliphatic rings. The van der Waals surface area contributed by atoms with E-state index in [0.29, 0.717) is 16.5 Å². The molecule has 1 atom stereocenters. The van der Waals surface area contributed by atoms with Crippen LogP contribution >= 0.6 is 24.0 Å². The number of nitrogens with zero attached hydrogens (tertiary/aromatic N) is 3. The second kappa shape index (κ2) is 10.5. The highest BCUT2D eigenvalue weighted by molar-refractivity contribution is 6.30. The normalized spacial score (nSPS) is 14.5. The Bertz CT molecular complexity index is 1380. The predicted octanol–water partition coefficient (Wildman–Crippen LogP) is 6.20. The summed E-state index contributed by atoms with van der Waals surface area (Å²) in [5.74, 6) is -0.0655. The molecule has 0 fully saturated rings. The zero-order valence-electron chi connectivity index (χ0n) is 18.2. The van der Waals surface area contributed by atoms with E-state index in [2.05, 4.69) is 26.8 Å². The van der Waals surface area contributed by atoms with Crippen molar-refractivity contribution in [2.75, 3.05) is 10.6 Å². The van der Waals surface area contributed by atoms with Gasteiger partial charge in [0.1, 0.15) is 11.9 Å². The molecule has 35 heavy (non-hydrogen) atoms. The molecule has 2 N–H and O–H groups in total. The number of hydrogen-bond donors (Lipinski definition) is 2. The Hall–Kier alpha value is -3.94. The van der Waals surface area contributed by atoms with Crippen LogP contribution in [0.4, 0.5) is 16.3 Å². The molecule has 6 nitrogen and oxygen atoms in total. The Morgan fingerprint density at radius 2 is 1.74 bits per heavy atom. The lowest BCUT2D eigenvalue weighted by Gasteiger charge is -2.24. The Kier molecular flexibility index (Phi) is 7.29. The molecule has 5 rings (SSSR count). The quantitative estimate of drug-likeness (QED) is 0.315. The number of allylic oxidation sites excluding steroid dienone is 1. The lowest BCUT2D eigenvalue weighted by atomic mass is 10.0. The zero-order valence-corrected chi connectivity index (χ0v) is 19.8. The van der Waals surface area contributed by atoms with Crippen LogP contribution < -0.4 is 10.6 Å². The average Bonchev–Trinajstić information content (AvgIpc) is 3.26. The molecule has 2 heterocycles. The van der Waals surface area contributed by atoms with Gasteiger partial charge < -0.3 is 5.32 Å². The number of nitrogens with one attached hydrogen (secondary N) is 2. The molecule has 1 amide bonds. The van der Waals surface area contributed by atoms with Gasteiger partial charge in [0.15, 0.2) is 0 Å². The van der Waals surface area contributed by atoms with Crippen LogP contribution in [0.2, 0.25) is 5.02 Å². The van der Waals surface area contributed by atoms with Gasteiger partial charge in [0.05, 0.1) is 0 Å². The zero-order chi connectivity index (χ0) is 23.5. The highest BCUT2D eigenvalue weighted by Crippen LogP contribution is 2.33. The first-order chi connectivity index (χ1) is 16.5. The minimum absolute atomic E-state index is 0. The molecule has 176 valence electrons. The van der Waals surface area contributed by atoms with Crippen LogP contribution in [0.3, 0.4) is 0 Å². The SMILES string of the molecule is Cl.O=C(/C=C/c1ccc(F)cc1)Nc1nc2n(n1)C(c1ccc(Cl)cc1)C=C(c1ccccc1)N2. The number of benzene rings is 3. The highest BCUT2D eigenvalue weighted by atomic mass is 35.5. The number of amides is 1. The van der Waals surface area contributed by atoms with Crippen LogP contribution in [0.5, 0.6) is 0 Å². The Balaban J connectivity index is 0.00000289. The molecule has 1 aromatic heterocycles. The third kappa shape index (κ3) is 5.59. The number of rotatable bonds is 5. The number of hydrogen-bond acceptors (Lipinski definition) is 4. The van der Waals surface area contributed by atoms with Gasteiger partial charge in [-0.25, -0.2) is 9.07 Å². The largest absolute Gasteiger partial charge is 0.324 e.